The van der Waals surface area contributed by atoms with Crippen LogP contribution in [0, 0.1) is 0 Å². The highest BCUT2D eigenvalue weighted by Gasteiger charge is 2.32. The van der Waals surface area contributed by atoms with Crippen LogP contribution >= 0.6 is 0 Å². The van der Waals surface area contributed by atoms with E-state index in [9.17, 15) is 13.6 Å². The molecular formula is C5H4F2O. The number of allylic oxidation sites excluding steroid dienone is 2. The second-order valence-electron chi connectivity index (χ2n) is 1.74. The van der Waals surface area contributed by atoms with Crippen molar-refractivity contribution >= 4 is 5.78 Å². The van der Waals surface area contributed by atoms with Crippen LogP contribution < -0.4 is 0 Å². The number of carbonyl (C=O) groups is 1. The zero-order chi connectivity index (χ0) is 6.20. The summed E-state index contributed by atoms with van der Waals surface area (Å²) in [4.78, 5) is 10.1. The van der Waals surface area contributed by atoms with Gasteiger partial charge < -0.3 is 0 Å². The minimum absolute atomic E-state index is 0.491. The molecule has 0 bridgehead atoms. The quantitative estimate of drug-likeness (QED) is 0.466. The van der Waals surface area contributed by atoms with Crippen molar-refractivity contribution < 1.29 is 13.6 Å². The first kappa shape index (κ1) is 5.41. The zero-order valence-corrected chi connectivity index (χ0v) is 4.03. The number of halogens is 2. The van der Waals surface area contributed by atoms with Crippen molar-refractivity contribution in [3.63, 3.8) is 0 Å². The molecule has 8 heavy (non-hydrogen) atoms. The first-order valence-corrected chi connectivity index (χ1v) is 2.20. The molecule has 0 fully saturated rings. The van der Waals surface area contributed by atoms with Crippen LogP contribution in [0.3, 0.4) is 0 Å². The van der Waals surface area contributed by atoms with Gasteiger partial charge in [-0.1, -0.05) is 0 Å². The largest absolute Gasteiger partial charge is 0.295 e. The molecule has 0 aromatic rings. The van der Waals surface area contributed by atoms with E-state index in [2.05, 4.69) is 0 Å². The molecule has 0 amide bonds. The molecule has 0 N–H and O–H groups in total. The highest BCUT2D eigenvalue weighted by Crippen LogP contribution is 2.25. The van der Waals surface area contributed by atoms with Gasteiger partial charge in [0.1, 0.15) is 0 Å². The number of ketones is 1. The van der Waals surface area contributed by atoms with Crippen molar-refractivity contribution in [2.24, 2.45) is 0 Å². The van der Waals surface area contributed by atoms with Gasteiger partial charge in [-0.15, -0.1) is 0 Å². The minimum Gasteiger partial charge on any atom is -0.295 e. The van der Waals surface area contributed by atoms with Gasteiger partial charge in [-0.2, -0.15) is 0 Å². The molecular weight excluding hydrogens is 114 g/mol. The van der Waals surface area contributed by atoms with Crippen LogP contribution in [-0.2, 0) is 4.79 Å². The van der Waals surface area contributed by atoms with Gasteiger partial charge in [0.15, 0.2) is 5.78 Å². The van der Waals surface area contributed by atoms with Crippen LogP contribution in [0.4, 0.5) is 8.78 Å². The summed E-state index contributed by atoms with van der Waals surface area (Å²) in [5, 5.41) is 0. The molecule has 0 spiro atoms. The molecule has 1 aliphatic carbocycles. The fourth-order valence-corrected chi connectivity index (χ4v) is 0.565. The fourth-order valence-electron chi connectivity index (χ4n) is 0.565. The maximum absolute atomic E-state index is 11.9. The highest BCUT2D eigenvalue weighted by atomic mass is 19.3. The summed E-state index contributed by atoms with van der Waals surface area (Å²) >= 11 is 0. The van der Waals surface area contributed by atoms with E-state index in [0.29, 0.717) is 6.08 Å². The second kappa shape index (κ2) is 1.37. The van der Waals surface area contributed by atoms with E-state index < -0.39 is 18.1 Å². The summed E-state index contributed by atoms with van der Waals surface area (Å²) in [7, 11) is 0. The van der Waals surface area contributed by atoms with Crippen LogP contribution in [0.15, 0.2) is 12.2 Å². The maximum Gasteiger partial charge on any atom is 0.274 e. The third kappa shape index (κ3) is 0.911. The number of alkyl halides is 2. The predicted molar refractivity (Wildman–Crippen MR) is 23.7 cm³/mol. The smallest absolute Gasteiger partial charge is 0.274 e. The fraction of sp³-hybridized carbons (Fsp3) is 0.400. The van der Waals surface area contributed by atoms with Gasteiger partial charge in [0.2, 0.25) is 0 Å². The molecule has 1 aliphatic rings. The van der Waals surface area contributed by atoms with Crippen molar-refractivity contribution in [3.8, 4) is 0 Å². The molecule has 0 aromatic heterocycles. The van der Waals surface area contributed by atoms with Crippen molar-refractivity contribution in [2.75, 3.05) is 0 Å². The zero-order valence-electron chi connectivity index (χ0n) is 4.03. The Kier molecular flexibility index (Phi) is 0.927. The predicted octanol–water partition coefficient (Wildman–Crippen LogP) is 1.15. The Morgan fingerprint density at radius 2 is 2.25 bits per heavy atom. The van der Waals surface area contributed by atoms with Gasteiger partial charge in [-0.05, 0) is 12.2 Å². The lowest BCUT2D eigenvalue weighted by atomic mass is 10.3. The molecule has 1 nitrogen and oxygen atoms in total. The van der Waals surface area contributed by atoms with Gasteiger partial charge >= 0.3 is 0 Å². The van der Waals surface area contributed by atoms with Crippen LogP contribution in [0.5, 0.6) is 0 Å². The number of rotatable bonds is 0. The van der Waals surface area contributed by atoms with Gasteiger partial charge in [0.05, 0.1) is 6.42 Å². The van der Waals surface area contributed by atoms with E-state index >= 15 is 0 Å². The first-order valence-electron chi connectivity index (χ1n) is 2.20. The third-order valence-electron chi connectivity index (χ3n) is 0.923. The third-order valence-corrected chi connectivity index (χ3v) is 0.923. The van der Waals surface area contributed by atoms with E-state index in [1.54, 1.807) is 0 Å². The Morgan fingerprint density at radius 1 is 1.62 bits per heavy atom. The Morgan fingerprint density at radius 3 is 2.38 bits per heavy atom. The molecule has 0 heterocycles. The Bertz CT molecular complexity index is 149. The topological polar surface area (TPSA) is 17.1 Å². The maximum atomic E-state index is 11.9. The molecule has 0 aliphatic heterocycles. The van der Waals surface area contributed by atoms with Crippen LogP contribution in [-0.4, -0.2) is 11.7 Å². The van der Waals surface area contributed by atoms with E-state index in [1.807, 2.05) is 0 Å². The van der Waals surface area contributed by atoms with E-state index in [-0.39, 0.29) is 0 Å². The molecule has 0 aromatic carbocycles. The van der Waals surface area contributed by atoms with Crippen molar-refractivity contribution in [3.05, 3.63) is 12.2 Å². The summed E-state index contributed by atoms with van der Waals surface area (Å²) in [5.74, 6) is -3.35. The molecule has 0 saturated heterocycles. The summed E-state index contributed by atoms with van der Waals surface area (Å²) in [5.41, 5.74) is 0. The first-order chi connectivity index (χ1) is 3.60. The van der Waals surface area contributed by atoms with Crippen molar-refractivity contribution in [2.45, 2.75) is 12.3 Å². The molecule has 0 atom stereocenters. The number of hydrogen-bond acceptors (Lipinski definition) is 1. The summed E-state index contributed by atoms with van der Waals surface area (Å²) in [6, 6.07) is 0. The second-order valence-corrected chi connectivity index (χ2v) is 1.74. The molecule has 0 unspecified atom stereocenters. The van der Waals surface area contributed by atoms with Gasteiger partial charge in [-0.3, -0.25) is 4.79 Å². The summed E-state index contributed by atoms with van der Waals surface area (Å²) < 4.78 is 23.8. The van der Waals surface area contributed by atoms with Gasteiger partial charge in [0.25, 0.3) is 5.92 Å². The highest BCUT2D eigenvalue weighted by molar-refractivity contribution is 5.93. The van der Waals surface area contributed by atoms with E-state index in [4.69, 9.17) is 0 Å². The monoisotopic (exact) mass is 118 g/mol. The van der Waals surface area contributed by atoms with Gasteiger partial charge in [0, 0.05) is 0 Å². The average molecular weight is 118 g/mol. The van der Waals surface area contributed by atoms with Crippen molar-refractivity contribution in [1.29, 1.82) is 0 Å². The number of hydrogen-bond donors (Lipinski definition) is 0. The van der Waals surface area contributed by atoms with Crippen LogP contribution in [0.1, 0.15) is 6.42 Å². The molecule has 0 saturated carbocycles. The average Bonchev–Trinajstić information content (AvgIpc) is 1.82. The Balaban J connectivity index is 2.72. The van der Waals surface area contributed by atoms with E-state index in [0.717, 1.165) is 6.08 Å². The number of carbonyl (C=O) groups excluding carboxylic acids is 1. The van der Waals surface area contributed by atoms with Gasteiger partial charge in [-0.25, -0.2) is 8.78 Å². The summed E-state index contributed by atoms with van der Waals surface area (Å²) in [6.45, 7) is 0. The molecule has 44 valence electrons. The SMILES string of the molecule is O=C1C=CC(F)(F)C1. The molecule has 1 rings (SSSR count). The summed E-state index contributed by atoms with van der Waals surface area (Å²) in [6.07, 6.45) is 0.905. The van der Waals surface area contributed by atoms with Crippen LogP contribution in [0.25, 0.3) is 0 Å². The Labute approximate surface area is 45.0 Å². The van der Waals surface area contributed by atoms with Crippen LogP contribution in [0.2, 0.25) is 0 Å². The van der Waals surface area contributed by atoms with Crippen molar-refractivity contribution in [1.82, 2.24) is 0 Å². The molecule has 3 heteroatoms. The Hall–Kier alpha value is -0.730. The normalized spacial score (nSPS) is 24.5. The minimum atomic E-state index is -2.86. The standard InChI is InChI=1S/C5H4F2O/c6-5(7)2-1-4(8)3-5/h1-2H,3H2. The lowest BCUT2D eigenvalue weighted by Crippen LogP contribution is -2.09. The van der Waals surface area contributed by atoms with E-state index in [1.165, 1.54) is 0 Å². The molecule has 0 radical (unpaired) electrons. The lowest BCUT2D eigenvalue weighted by Gasteiger charge is -1.99. The lowest BCUT2D eigenvalue weighted by molar-refractivity contribution is -0.117.